The van der Waals surface area contributed by atoms with E-state index < -0.39 is 0 Å². The van der Waals surface area contributed by atoms with E-state index in [0.717, 1.165) is 22.0 Å². The first-order valence-corrected chi connectivity index (χ1v) is 9.45. The molecule has 4 rings (SSSR count). The fourth-order valence-electron chi connectivity index (χ4n) is 3.41. The van der Waals surface area contributed by atoms with Crippen LogP contribution in [0, 0.1) is 5.41 Å². The van der Waals surface area contributed by atoms with Gasteiger partial charge in [0.1, 0.15) is 11.5 Å². The van der Waals surface area contributed by atoms with E-state index in [2.05, 4.69) is 5.32 Å². The zero-order chi connectivity index (χ0) is 20.2. The molecule has 4 aromatic rings. The standard InChI is InChI=1S/C24H22N4O.ClH/c25-23(26)19-12-10-18(11-13-19)16-28-21-9-5-4-8-20(21)14-22(28)24(29)27-15-17-6-2-1-3-7-17;/h1-14H,15-16H2,(H3,25,26)(H,27,29);1H. The summed E-state index contributed by atoms with van der Waals surface area (Å²) in [5, 5.41) is 11.6. The molecule has 0 radical (unpaired) electrons. The summed E-state index contributed by atoms with van der Waals surface area (Å²) < 4.78 is 2.03. The van der Waals surface area contributed by atoms with Crippen LogP contribution >= 0.6 is 12.4 Å². The molecule has 1 heterocycles. The first-order valence-electron chi connectivity index (χ1n) is 9.45. The number of para-hydroxylation sites is 1. The maximum atomic E-state index is 13.0. The number of benzene rings is 3. The van der Waals surface area contributed by atoms with Gasteiger partial charge in [-0.1, -0.05) is 72.8 Å². The number of amides is 1. The third-order valence-electron chi connectivity index (χ3n) is 4.94. The molecule has 4 N–H and O–H groups in total. The number of nitrogen functional groups attached to an aromatic ring is 1. The lowest BCUT2D eigenvalue weighted by atomic mass is 10.1. The topological polar surface area (TPSA) is 83.9 Å². The molecule has 0 aliphatic rings. The highest BCUT2D eigenvalue weighted by Crippen LogP contribution is 2.22. The summed E-state index contributed by atoms with van der Waals surface area (Å²) in [5.74, 6) is -0.0608. The van der Waals surface area contributed by atoms with Gasteiger partial charge in [0.2, 0.25) is 0 Å². The molecule has 1 aromatic heterocycles. The summed E-state index contributed by atoms with van der Waals surface area (Å²) in [7, 11) is 0. The molecule has 0 fully saturated rings. The van der Waals surface area contributed by atoms with Gasteiger partial charge in [-0.05, 0) is 23.3 Å². The fraction of sp³-hybridized carbons (Fsp3) is 0.0833. The van der Waals surface area contributed by atoms with Gasteiger partial charge in [0.05, 0.1) is 0 Å². The predicted octanol–water partition coefficient (Wildman–Crippen LogP) is 4.33. The molecule has 1 amide bonds. The number of rotatable bonds is 6. The number of nitrogens with two attached hydrogens (primary N) is 1. The van der Waals surface area contributed by atoms with E-state index in [0.29, 0.717) is 24.3 Å². The number of fused-ring (bicyclic) bond motifs is 1. The molecule has 6 heteroatoms. The zero-order valence-corrected chi connectivity index (χ0v) is 17.2. The van der Waals surface area contributed by atoms with Crippen LogP contribution in [0.15, 0.2) is 84.9 Å². The van der Waals surface area contributed by atoms with Crippen molar-refractivity contribution in [2.45, 2.75) is 13.1 Å². The Morgan fingerprint density at radius 3 is 2.27 bits per heavy atom. The van der Waals surface area contributed by atoms with Crippen molar-refractivity contribution in [1.29, 1.82) is 5.41 Å². The molecule has 3 aromatic carbocycles. The third-order valence-corrected chi connectivity index (χ3v) is 4.94. The molecule has 0 spiro atoms. The van der Waals surface area contributed by atoms with E-state index in [-0.39, 0.29) is 24.1 Å². The summed E-state index contributed by atoms with van der Waals surface area (Å²) in [4.78, 5) is 13.0. The van der Waals surface area contributed by atoms with Crippen LogP contribution in [-0.4, -0.2) is 16.3 Å². The van der Waals surface area contributed by atoms with Crippen molar-refractivity contribution in [1.82, 2.24) is 9.88 Å². The van der Waals surface area contributed by atoms with Gasteiger partial charge in [-0.25, -0.2) is 0 Å². The number of amidine groups is 1. The average Bonchev–Trinajstić information content (AvgIpc) is 3.12. The number of halogens is 1. The second kappa shape index (κ2) is 9.29. The molecule has 0 aliphatic carbocycles. The highest BCUT2D eigenvalue weighted by molar-refractivity contribution is 5.99. The van der Waals surface area contributed by atoms with E-state index in [1.807, 2.05) is 89.5 Å². The number of aromatic nitrogens is 1. The maximum absolute atomic E-state index is 13.0. The van der Waals surface area contributed by atoms with Crippen LogP contribution in [0.5, 0.6) is 0 Å². The molecule has 0 saturated heterocycles. The average molecular weight is 419 g/mol. The smallest absolute Gasteiger partial charge is 0.268 e. The summed E-state index contributed by atoms with van der Waals surface area (Å²) in [6, 6.07) is 27.3. The molecule has 0 aliphatic heterocycles. The summed E-state index contributed by atoms with van der Waals surface area (Å²) in [5.41, 5.74) is 9.96. The van der Waals surface area contributed by atoms with Crippen LogP contribution in [0.3, 0.4) is 0 Å². The first-order chi connectivity index (χ1) is 14.1. The van der Waals surface area contributed by atoms with Crippen LogP contribution in [0.1, 0.15) is 27.2 Å². The van der Waals surface area contributed by atoms with Gasteiger partial charge in [-0.2, -0.15) is 0 Å². The zero-order valence-electron chi connectivity index (χ0n) is 16.3. The molecule has 0 saturated carbocycles. The maximum Gasteiger partial charge on any atom is 0.268 e. The van der Waals surface area contributed by atoms with Crippen molar-refractivity contribution >= 4 is 35.1 Å². The lowest BCUT2D eigenvalue weighted by Gasteiger charge is -2.12. The van der Waals surface area contributed by atoms with Gasteiger partial charge in [-0.15, -0.1) is 12.4 Å². The number of hydrogen-bond donors (Lipinski definition) is 3. The lowest BCUT2D eigenvalue weighted by molar-refractivity contribution is 0.0942. The second-order valence-electron chi connectivity index (χ2n) is 6.95. The second-order valence-corrected chi connectivity index (χ2v) is 6.95. The van der Waals surface area contributed by atoms with Gasteiger partial charge in [0, 0.05) is 29.6 Å². The Balaban J connectivity index is 0.00000256. The quantitative estimate of drug-likeness (QED) is 0.321. The van der Waals surface area contributed by atoms with Crippen molar-refractivity contribution in [2.75, 3.05) is 0 Å². The van der Waals surface area contributed by atoms with Gasteiger partial charge in [0.25, 0.3) is 5.91 Å². The van der Waals surface area contributed by atoms with Crippen molar-refractivity contribution < 1.29 is 4.79 Å². The minimum absolute atomic E-state index is 0. The van der Waals surface area contributed by atoms with Crippen LogP contribution in [0.2, 0.25) is 0 Å². The normalized spacial score (nSPS) is 10.4. The Morgan fingerprint density at radius 2 is 1.57 bits per heavy atom. The molecule has 5 nitrogen and oxygen atoms in total. The van der Waals surface area contributed by atoms with Gasteiger partial charge < -0.3 is 15.6 Å². The Labute approximate surface area is 181 Å². The lowest BCUT2D eigenvalue weighted by Crippen LogP contribution is -2.25. The Kier molecular flexibility index (Phi) is 6.54. The number of carbonyl (C=O) groups excluding carboxylic acids is 1. The first kappa shape index (κ1) is 21.1. The number of hydrogen-bond acceptors (Lipinski definition) is 2. The number of carbonyl (C=O) groups is 1. The summed E-state index contributed by atoms with van der Waals surface area (Å²) >= 11 is 0. The highest BCUT2D eigenvalue weighted by atomic mass is 35.5. The summed E-state index contributed by atoms with van der Waals surface area (Å²) in [6.45, 7) is 1.04. The molecular weight excluding hydrogens is 396 g/mol. The minimum atomic E-state index is -0.106. The van der Waals surface area contributed by atoms with E-state index in [9.17, 15) is 4.79 Å². The SMILES string of the molecule is Cl.N=C(N)c1ccc(Cn2c(C(=O)NCc3ccccc3)cc3ccccc32)cc1. The van der Waals surface area contributed by atoms with E-state index in [1.165, 1.54) is 0 Å². The Morgan fingerprint density at radius 1 is 0.900 bits per heavy atom. The Bertz CT molecular complexity index is 1170. The van der Waals surface area contributed by atoms with Gasteiger partial charge in [0.15, 0.2) is 0 Å². The predicted molar refractivity (Wildman–Crippen MR) is 123 cm³/mol. The van der Waals surface area contributed by atoms with Gasteiger partial charge >= 0.3 is 0 Å². The van der Waals surface area contributed by atoms with E-state index in [4.69, 9.17) is 11.1 Å². The van der Waals surface area contributed by atoms with Crippen molar-refractivity contribution in [3.63, 3.8) is 0 Å². The van der Waals surface area contributed by atoms with Crippen LogP contribution in [0.25, 0.3) is 10.9 Å². The Hall–Kier alpha value is -3.57. The largest absolute Gasteiger partial charge is 0.384 e. The third kappa shape index (κ3) is 4.53. The van der Waals surface area contributed by atoms with Gasteiger partial charge in [-0.3, -0.25) is 10.2 Å². The van der Waals surface area contributed by atoms with Crippen molar-refractivity contribution in [3.8, 4) is 0 Å². The molecule has 152 valence electrons. The molecule has 30 heavy (non-hydrogen) atoms. The van der Waals surface area contributed by atoms with Crippen LogP contribution in [-0.2, 0) is 13.1 Å². The molecular formula is C24H23ClN4O. The molecule has 0 unspecified atom stereocenters. The molecule has 0 bridgehead atoms. The van der Waals surface area contributed by atoms with Crippen molar-refractivity contribution in [3.05, 3.63) is 107 Å². The van der Waals surface area contributed by atoms with Crippen LogP contribution in [0.4, 0.5) is 0 Å². The number of nitrogens with one attached hydrogen (secondary N) is 2. The fourth-order valence-corrected chi connectivity index (χ4v) is 3.41. The monoisotopic (exact) mass is 418 g/mol. The minimum Gasteiger partial charge on any atom is -0.384 e. The van der Waals surface area contributed by atoms with E-state index >= 15 is 0 Å². The molecule has 0 atom stereocenters. The highest BCUT2D eigenvalue weighted by Gasteiger charge is 2.15. The summed E-state index contributed by atoms with van der Waals surface area (Å²) in [6.07, 6.45) is 0. The van der Waals surface area contributed by atoms with E-state index in [1.54, 1.807) is 0 Å². The number of nitrogens with zero attached hydrogens (tertiary/aromatic N) is 1. The van der Waals surface area contributed by atoms with Crippen molar-refractivity contribution in [2.24, 2.45) is 5.73 Å². The van der Waals surface area contributed by atoms with Crippen LogP contribution < -0.4 is 11.1 Å².